The molecule has 3 N–H and O–H groups in total. The van der Waals surface area contributed by atoms with E-state index in [0.717, 1.165) is 52.3 Å². The summed E-state index contributed by atoms with van der Waals surface area (Å²) in [5.41, 5.74) is 4.49. The molecule has 0 saturated heterocycles. The number of rotatable bonds is 24. The van der Waals surface area contributed by atoms with Crippen molar-refractivity contribution in [2.75, 3.05) is 46.0 Å². The number of carbonyl (C=O) groups excluding carboxylic acids is 2. The molecule has 73 heavy (non-hydrogen) atoms. The van der Waals surface area contributed by atoms with Crippen LogP contribution >= 0.6 is 0 Å². The molecule has 1 heterocycles. The van der Waals surface area contributed by atoms with Crippen LogP contribution in [0.25, 0.3) is 10.8 Å². The van der Waals surface area contributed by atoms with Gasteiger partial charge in [-0.15, -0.1) is 13.2 Å². The number of nitrogens with one attached hydrogen (secondary N) is 1. The Hall–Kier alpha value is -7.13. The molecule has 5 aromatic rings. The van der Waals surface area contributed by atoms with Gasteiger partial charge in [-0.2, -0.15) is 0 Å². The Labute approximate surface area is 427 Å². The molecule has 0 aromatic heterocycles. The fourth-order valence-electron chi connectivity index (χ4n) is 10.8. The van der Waals surface area contributed by atoms with Crippen LogP contribution in [0.3, 0.4) is 0 Å². The van der Waals surface area contributed by atoms with Crippen molar-refractivity contribution >= 4 is 34.4 Å². The Bertz CT molecular complexity index is 2760. The molecule has 14 nitrogen and oxygen atoms in total. The highest BCUT2D eigenvalue weighted by molar-refractivity contribution is 6.03. The Morgan fingerprint density at radius 1 is 0.863 bits per heavy atom. The summed E-state index contributed by atoms with van der Waals surface area (Å²) >= 11 is 0. The van der Waals surface area contributed by atoms with Crippen LogP contribution in [0.15, 0.2) is 151 Å². The molecule has 0 radical (unpaired) electrons. The summed E-state index contributed by atoms with van der Waals surface area (Å²) in [5, 5.41) is 30.0. The molecule has 0 spiro atoms. The maximum Gasteiger partial charge on any atom is 0.417 e. The highest BCUT2D eigenvalue weighted by Crippen LogP contribution is 2.62. The number of oxime groups is 1. The number of anilines is 1. The second-order valence-electron chi connectivity index (χ2n) is 18.6. The van der Waals surface area contributed by atoms with Crippen LogP contribution < -0.4 is 24.3 Å². The van der Waals surface area contributed by atoms with Crippen LogP contribution in [0.1, 0.15) is 74.0 Å². The van der Waals surface area contributed by atoms with Crippen molar-refractivity contribution in [2.24, 2.45) is 22.9 Å². The number of aliphatic hydroxyl groups excluding tert-OH is 2. The molecule has 6 atom stereocenters. The molecule has 2 amide bonds. The van der Waals surface area contributed by atoms with Crippen molar-refractivity contribution in [3.8, 4) is 23.0 Å². The number of nitrogens with zero attached hydrogens (tertiary/aromatic N) is 2. The molecule has 0 bridgehead atoms. The summed E-state index contributed by atoms with van der Waals surface area (Å²) in [6, 6.07) is 33.5. The fraction of sp³-hybridized carbons (Fsp3) is 0.373. The lowest BCUT2D eigenvalue weighted by Gasteiger charge is -2.59. The van der Waals surface area contributed by atoms with Gasteiger partial charge in [-0.3, -0.25) is 10.2 Å². The molecule has 1 fully saturated rings. The first-order chi connectivity index (χ1) is 35.7. The first-order valence-electron chi connectivity index (χ1n) is 25.2. The van der Waals surface area contributed by atoms with E-state index in [0.29, 0.717) is 54.3 Å². The van der Waals surface area contributed by atoms with E-state index in [1.54, 1.807) is 54.5 Å². The summed E-state index contributed by atoms with van der Waals surface area (Å²) in [7, 11) is 3.05. The lowest BCUT2D eigenvalue weighted by atomic mass is 9.55. The van der Waals surface area contributed by atoms with Crippen LogP contribution in [0.2, 0.25) is 0 Å². The van der Waals surface area contributed by atoms with E-state index in [1.807, 2.05) is 78.9 Å². The predicted molar refractivity (Wildman–Crippen MR) is 281 cm³/mol. The molecule has 14 heteroatoms. The Morgan fingerprint density at radius 3 is 2.40 bits per heavy atom. The van der Waals surface area contributed by atoms with Crippen molar-refractivity contribution in [1.29, 1.82) is 0 Å². The second kappa shape index (κ2) is 25.0. The van der Waals surface area contributed by atoms with Crippen molar-refractivity contribution in [2.45, 2.75) is 82.3 Å². The molecule has 6 unspecified atom stereocenters. The SMILES string of the molecule is C=CCCOC(=O)N(Cc1cccc2ccccc12)C1CC(=NOCc2ccccc2)C2=CC(CCCCO)C(CCCCO)C3c4cc(OC(=O)Nc5ccc(OC)cc5OC)ccc4OC1(OCC=C)C23. The molecule has 1 aliphatic heterocycles. The number of allylic oxidation sites excluding steroid dienone is 1. The highest BCUT2D eigenvalue weighted by atomic mass is 16.7. The van der Waals surface area contributed by atoms with E-state index < -0.39 is 35.9 Å². The summed E-state index contributed by atoms with van der Waals surface area (Å²) < 4.78 is 37.8. The number of aliphatic hydroxyl groups is 2. The number of methoxy groups -OCH3 is 2. The minimum Gasteiger partial charge on any atom is -0.497 e. The smallest absolute Gasteiger partial charge is 0.417 e. The zero-order valence-electron chi connectivity index (χ0n) is 41.8. The van der Waals surface area contributed by atoms with Gasteiger partial charge in [-0.05, 0) is 102 Å². The number of ether oxygens (including phenoxy) is 6. The third-order valence-corrected chi connectivity index (χ3v) is 14.1. The molecular formula is C59H67N3O11. The minimum absolute atomic E-state index is 0.0317. The lowest BCUT2D eigenvalue weighted by Crippen LogP contribution is -2.70. The van der Waals surface area contributed by atoms with E-state index in [9.17, 15) is 15.0 Å². The van der Waals surface area contributed by atoms with Crippen LogP contribution in [-0.4, -0.2) is 85.5 Å². The number of carbonyl (C=O) groups is 2. The molecule has 5 aromatic carbocycles. The van der Waals surface area contributed by atoms with Gasteiger partial charge in [0.1, 0.15) is 35.6 Å². The summed E-state index contributed by atoms with van der Waals surface area (Å²) in [5.74, 6) is -1.00. The topological polar surface area (TPSA) is 167 Å². The van der Waals surface area contributed by atoms with Gasteiger partial charge in [0.25, 0.3) is 0 Å². The fourth-order valence-corrected chi connectivity index (χ4v) is 10.8. The predicted octanol–water partition coefficient (Wildman–Crippen LogP) is 11.5. The third-order valence-electron chi connectivity index (χ3n) is 14.1. The number of unbranched alkanes of at least 4 members (excludes halogenated alkanes) is 2. The standard InChI is InChI=1S/C59H67N3O11/c1-5-7-33-69-58(66)62(38-43-23-17-22-41-20-11-12-24-46(41)43)54-37-51(61-71-39-40-18-9-8-10-19-40)48-34-42(21-13-15-30-63)47(25-14-16-31-64)55-49-35-45(27-29-52(49)73-59(54,56(48)55)70-32-6-2)72-57(65)60-50-28-26-44(67-3)36-53(50)68-4/h5-6,8-12,17-20,22-24,26-29,34-36,42,47,54-56,63-64H,1-2,7,13-16,21,25,30-33,37-39H2,3-4H3,(H,60,65). The molecule has 2 aliphatic carbocycles. The normalized spacial score (nSPS) is 21.1. The minimum atomic E-state index is -1.58. The average Bonchev–Trinajstić information content (AvgIpc) is 3.41. The largest absolute Gasteiger partial charge is 0.497 e. The van der Waals surface area contributed by atoms with E-state index in [1.165, 1.54) is 7.11 Å². The van der Waals surface area contributed by atoms with Gasteiger partial charge in [0.2, 0.25) is 5.79 Å². The van der Waals surface area contributed by atoms with Gasteiger partial charge in [-0.1, -0.05) is 109 Å². The van der Waals surface area contributed by atoms with Gasteiger partial charge in [0, 0.05) is 37.2 Å². The van der Waals surface area contributed by atoms with E-state index in [2.05, 4.69) is 24.6 Å². The average molecular weight is 994 g/mol. The Kier molecular flexibility index (Phi) is 17.9. The first kappa shape index (κ1) is 52.2. The maximum absolute atomic E-state index is 15.1. The van der Waals surface area contributed by atoms with Gasteiger partial charge < -0.3 is 43.5 Å². The highest BCUT2D eigenvalue weighted by Gasteiger charge is 2.66. The van der Waals surface area contributed by atoms with Gasteiger partial charge in [-0.25, -0.2) is 9.59 Å². The van der Waals surface area contributed by atoms with Crippen molar-refractivity contribution < 1.29 is 53.1 Å². The molecule has 3 aliphatic rings. The van der Waals surface area contributed by atoms with Crippen molar-refractivity contribution in [1.82, 2.24) is 4.90 Å². The quantitative estimate of drug-likeness (QED) is 0.0306. The van der Waals surface area contributed by atoms with E-state index in [-0.39, 0.29) is 63.6 Å². The number of amides is 2. The summed E-state index contributed by atoms with van der Waals surface area (Å²) in [6.07, 6.45) is 9.12. The first-order valence-corrected chi connectivity index (χ1v) is 25.2. The lowest BCUT2D eigenvalue weighted by molar-refractivity contribution is -0.256. The molecular weight excluding hydrogens is 927 g/mol. The second-order valence-corrected chi connectivity index (χ2v) is 18.6. The monoisotopic (exact) mass is 993 g/mol. The Morgan fingerprint density at radius 2 is 1.63 bits per heavy atom. The van der Waals surface area contributed by atoms with Gasteiger partial charge >= 0.3 is 12.2 Å². The summed E-state index contributed by atoms with van der Waals surface area (Å²) in [6.45, 7) is 8.54. The maximum atomic E-state index is 15.1. The number of benzene rings is 5. The van der Waals surface area contributed by atoms with Gasteiger partial charge in [0.15, 0.2) is 0 Å². The molecule has 8 rings (SSSR count). The van der Waals surface area contributed by atoms with Crippen LogP contribution in [0.5, 0.6) is 23.0 Å². The third kappa shape index (κ3) is 11.9. The van der Waals surface area contributed by atoms with Crippen LogP contribution in [-0.2, 0) is 27.5 Å². The molecule has 384 valence electrons. The van der Waals surface area contributed by atoms with Crippen LogP contribution in [0, 0.1) is 17.8 Å². The number of hydrogen-bond acceptors (Lipinski definition) is 12. The van der Waals surface area contributed by atoms with E-state index >= 15 is 4.79 Å². The zero-order valence-corrected chi connectivity index (χ0v) is 41.8. The Balaban J connectivity index is 1.32. The van der Waals surface area contributed by atoms with Crippen LogP contribution in [0.4, 0.5) is 15.3 Å². The van der Waals surface area contributed by atoms with Crippen molar-refractivity contribution in [3.63, 3.8) is 0 Å². The van der Waals surface area contributed by atoms with Crippen molar-refractivity contribution in [3.05, 3.63) is 163 Å². The summed E-state index contributed by atoms with van der Waals surface area (Å²) in [4.78, 5) is 36.9. The zero-order chi connectivity index (χ0) is 51.2. The van der Waals surface area contributed by atoms with Gasteiger partial charge in [0.05, 0.1) is 51.3 Å². The van der Waals surface area contributed by atoms with E-state index in [4.69, 9.17) is 38.4 Å². The molecule has 1 saturated carbocycles. The number of fused-ring (bicyclic) bond motifs is 3. The number of hydrogen-bond donors (Lipinski definition) is 3.